The summed E-state index contributed by atoms with van der Waals surface area (Å²) in [5, 5.41) is 13.6. The van der Waals surface area contributed by atoms with Gasteiger partial charge >= 0.3 is 6.18 Å². The summed E-state index contributed by atoms with van der Waals surface area (Å²) >= 11 is 0. The minimum Gasteiger partial charge on any atom is -0.346 e. The smallest absolute Gasteiger partial charge is 0.346 e. The number of nitrogens with one attached hydrogen (secondary N) is 2. The fourth-order valence-electron chi connectivity index (χ4n) is 2.59. The monoisotopic (exact) mass is 354 g/mol. The fourth-order valence-corrected chi connectivity index (χ4v) is 2.59. The molecule has 0 bridgehead atoms. The molecule has 1 aliphatic rings. The molecule has 0 saturated carbocycles. The number of nitrogens with zero attached hydrogens (tertiary/aromatic N) is 4. The van der Waals surface area contributed by atoms with Gasteiger partial charge in [0.15, 0.2) is 11.5 Å². The number of aromatic nitrogens is 4. The number of hydrogen-bond donors (Lipinski definition) is 2. The van der Waals surface area contributed by atoms with E-state index in [0.717, 1.165) is 23.7 Å². The Morgan fingerprint density at radius 3 is 2.84 bits per heavy atom. The summed E-state index contributed by atoms with van der Waals surface area (Å²) in [6.07, 6.45) is -1.44. The zero-order valence-corrected chi connectivity index (χ0v) is 13.4. The molecule has 2 aromatic heterocycles. The van der Waals surface area contributed by atoms with Gasteiger partial charge in [-0.15, -0.1) is 5.10 Å². The summed E-state index contributed by atoms with van der Waals surface area (Å²) in [5.41, 5.74) is -0.771. The van der Waals surface area contributed by atoms with Gasteiger partial charge < -0.3 is 10.6 Å². The van der Waals surface area contributed by atoms with Gasteiger partial charge in [0.2, 0.25) is 0 Å². The Hall–Kier alpha value is -2.49. The van der Waals surface area contributed by atoms with Crippen LogP contribution < -0.4 is 10.6 Å². The lowest BCUT2D eigenvalue weighted by Gasteiger charge is -2.29. The molecule has 10 heteroatoms. The summed E-state index contributed by atoms with van der Waals surface area (Å²) in [6.45, 7) is 3.67. The largest absolute Gasteiger partial charge is 0.417 e. The van der Waals surface area contributed by atoms with E-state index in [1.165, 1.54) is 12.3 Å². The van der Waals surface area contributed by atoms with Crippen molar-refractivity contribution in [2.45, 2.75) is 25.6 Å². The Labute approximate surface area is 141 Å². The summed E-state index contributed by atoms with van der Waals surface area (Å²) in [7, 11) is 0. The molecule has 25 heavy (non-hydrogen) atoms. The van der Waals surface area contributed by atoms with Crippen molar-refractivity contribution in [1.82, 2.24) is 30.6 Å². The van der Waals surface area contributed by atoms with Crippen LogP contribution in [0.4, 0.5) is 13.2 Å². The molecule has 2 atom stereocenters. The highest BCUT2D eigenvalue weighted by molar-refractivity contribution is 5.92. The van der Waals surface area contributed by atoms with Gasteiger partial charge in [-0.1, -0.05) is 12.1 Å². The van der Waals surface area contributed by atoms with E-state index in [0.29, 0.717) is 18.7 Å². The normalized spacial score (nSPS) is 21.1. The van der Waals surface area contributed by atoms with Crippen molar-refractivity contribution in [2.24, 2.45) is 5.92 Å². The first-order chi connectivity index (χ1) is 11.8. The molecule has 0 radical (unpaired) electrons. The molecule has 134 valence electrons. The molecular formula is C15H17F3N6O. The van der Waals surface area contributed by atoms with Crippen LogP contribution in [0.1, 0.15) is 29.4 Å². The van der Waals surface area contributed by atoms with Crippen molar-refractivity contribution in [1.29, 1.82) is 0 Å². The van der Waals surface area contributed by atoms with Gasteiger partial charge in [-0.25, -0.2) is 9.67 Å². The molecule has 2 N–H and O–H groups in total. The van der Waals surface area contributed by atoms with Gasteiger partial charge in [0.25, 0.3) is 5.91 Å². The first-order valence-corrected chi connectivity index (χ1v) is 7.82. The predicted molar refractivity (Wildman–Crippen MR) is 82.1 cm³/mol. The van der Waals surface area contributed by atoms with Gasteiger partial charge in [0, 0.05) is 18.8 Å². The molecule has 3 rings (SSSR count). The van der Waals surface area contributed by atoms with Crippen LogP contribution in [-0.2, 0) is 6.18 Å². The lowest BCUT2D eigenvalue weighted by atomic mass is 9.95. The van der Waals surface area contributed by atoms with Crippen LogP contribution in [0, 0.1) is 5.92 Å². The minimum absolute atomic E-state index is 0.00408. The van der Waals surface area contributed by atoms with Crippen LogP contribution in [0.2, 0.25) is 0 Å². The highest BCUT2D eigenvalue weighted by Crippen LogP contribution is 2.28. The Kier molecular flexibility index (Phi) is 4.71. The van der Waals surface area contributed by atoms with Gasteiger partial charge in [-0.2, -0.15) is 13.2 Å². The lowest BCUT2D eigenvalue weighted by Crippen LogP contribution is -2.50. The highest BCUT2D eigenvalue weighted by atomic mass is 19.4. The molecule has 7 nitrogen and oxygen atoms in total. The number of halogens is 3. The van der Waals surface area contributed by atoms with E-state index in [1.807, 2.05) is 0 Å². The number of carbonyl (C=O) groups excluding carboxylic acids is 1. The number of carbonyl (C=O) groups is 1. The Balaban J connectivity index is 1.70. The van der Waals surface area contributed by atoms with E-state index in [1.54, 1.807) is 0 Å². The average molecular weight is 354 g/mol. The molecule has 2 aromatic rings. The molecule has 1 amide bonds. The van der Waals surface area contributed by atoms with E-state index in [9.17, 15) is 18.0 Å². The van der Waals surface area contributed by atoms with Gasteiger partial charge in [0.1, 0.15) is 0 Å². The van der Waals surface area contributed by atoms with Crippen LogP contribution in [0.3, 0.4) is 0 Å². The van der Waals surface area contributed by atoms with Gasteiger partial charge in [-0.05, 0) is 31.0 Å². The van der Waals surface area contributed by atoms with Crippen molar-refractivity contribution < 1.29 is 18.0 Å². The summed E-state index contributed by atoms with van der Waals surface area (Å²) in [4.78, 5) is 16.0. The maximum atomic E-state index is 12.6. The third-order valence-corrected chi connectivity index (χ3v) is 4.18. The standard InChI is InChI=1S/C15H17F3N6O/c1-9-4-5-19-7-11(9)21-14(25)12-8-24(23-22-12)13-3-2-10(6-20-13)15(16,17)18/h2-3,6,8-9,11,19H,4-5,7H2,1H3,(H,21,25). The highest BCUT2D eigenvalue weighted by Gasteiger charge is 2.31. The molecule has 1 aliphatic heterocycles. The number of amides is 1. The third kappa shape index (κ3) is 3.95. The Bertz CT molecular complexity index is 742. The summed E-state index contributed by atoms with van der Waals surface area (Å²) < 4.78 is 38.8. The van der Waals surface area contributed by atoms with Crippen LogP contribution in [0.5, 0.6) is 0 Å². The lowest BCUT2D eigenvalue weighted by molar-refractivity contribution is -0.137. The second-order valence-corrected chi connectivity index (χ2v) is 6.00. The van der Waals surface area contributed by atoms with Crippen molar-refractivity contribution in [2.75, 3.05) is 13.1 Å². The van der Waals surface area contributed by atoms with E-state index < -0.39 is 11.7 Å². The predicted octanol–water partition coefficient (Wildman–Crippen LogP) is 1.41. The maximum Gasteiger partial charge on any atom is 0.417 e. The van der Waals surface area contributed by atoms with Crippen LogP contribution in [0.25, 0.3) is 5.82 Å². The second kappa shape index (κ2) is 6.79. The van der Waals surface area contributed by atoms with Crippen molar-refractivity contribution in [3.05, 3.63) is 35.8 Å². The quantitative estimate of drug-likeness (QED) is 0.871. The van der Waals surface area contributed by atoms with E-state index in [4.69, 9.17) is 0 Å². The molecular weight excluding hydrogens is 337 g/mol. The molecule has 1 fully saturated rings. The Morgan fingerprint density at radius 1 is 1.40 bits per heavy atom. The molecule has 2 unspecified atom stereocenters. The zero-order valence-electron chi connectivity index (χ0n) is 13.4. The third-order valence-electron chi connectivity index (χ3n) is 4.18. The first-order valence-electron chi connectivity index (χ1n) is 7.82. The van der Waals surface area contributed by atoms with Gasteiger partial charge in [0.05, 0.1) is 11.8 Å². The Morgan fingerprint density at radius 2 is 2.20 bits per heavy atom. The number of piperidine rings is 1. The first kappa shape index (κ1) is 17.3. The molecule has 3 heterocycles. The van der Waals surface area contributed by atoms with Gasteiger partial charge in [-0.3, -0.25) is 4.79 Å². The van der Waals surface area contributed by atoms with E-state index >= 15 is 0 Å². The fraction of sp³-hybridized carbons (Fsp3) is 0.467. The molecule has 0 aromatic carbocycles. The van der Waals surface area contributed by atoms with Crippen molar-refractivity contribution in [3.8, 4) is 5.82 Å². The zero-order chi connectivity index (χ0) is 18.0. The number of hydrogen-bond acceptors (Lipinski definition) is 5. The van der Waals surface area contributed by atoms with Crippen LogP contribution in [-0.4, -0.2) is 45.0 Å². The van der Waals surface area contributed by atoms with Crippen LogP contribution >= 0.6 is 0 Å². The number of pyridine rings is 1. The average Bonchev–Trinajstić information content (AvgIpc) is 3.06. The molecule has 1 saturated heterocycles. The number of rotatable bonds is 3. The van der Waals surface area contributed by atoms with E-state index in [2.05, 4.69) is 32.9 Å². The van der Waals surface area contributed by atoms with E-state index in [-0.39, 0.29) is 23.5 Å². The van der Waals surface area contributed by atoms with Crippen LogP contribution in [0.15, 0.2) is 24.5 Å². The molecule has 0 spiro atoms. The van der Waals surface area contributed by atoms with Crippen molar-refractivity contribution >= 4 is 5.91 Å². The minimum atomic E-state index is -4.45. The molecule has 0 aliphatic carbocycles. The summed E-state index contributed by atoms with van der Waals surface area (Å²) in [5.74, 6) is 0.114. The maximum absolute atomic E-state index is 12.6. The SMILES string of the molecule is CC1CCNCC1NC(=O)c1cn(-c2ccc(C(F)(F)F)cn2)nn1. The van der Waals surface area contributed by atoms with Crippen molar-refractivity contribution in [3.63, 3.8) is 0 Å². The topological polar surface area (TPSA) is 84.7 Å². The number of alkyl halides is 3. The summed E-state index contributed by atoms with van der Waals surface area (Å²) in [6, 6.07) is 2.07. The second-order valence-electron chi connectivity index (χ2n) is 6.00.